The first kappa shape index (κ1) is 19.5. The van der Waals surface area contributed by atoms with Crippen molar-refractivity contribution < 1.29 is 23.1 Å². The van der Waals surface area contributed by atoms with E-state index in [1.165, 1.54) is 19.4 Å². The van der Waals surface area contributed by atoms with Crippen molar-refractivity contribution in [1.82, 2.24) is 0 Å². The summed E-state index contributed by atoms with van der Waals surface area (Å²) in [4.78, 5) is 24.4. The van der Waals surface area contributed by atoms with E-state index < -0.39 is 30.1 Å². The minimum Gasteiger partial charge on any atom is -0.454 e. The number of carbonyl (C=O) groups excluding carboxylic acids is 2. The second-order valence-corrected chi connectivity index (χ2v) is 6.92. The van der Waals surface area contributed by atoms with Crippen molar-refractivity contribution in [2.24, 2.45) is 11.8 Å². The Kier molecular flexibility index (Phi) is 7.09. The third-order valence-electron chi connectivity index (χ3n) is 5.04. The molecule has 5 heteroatoms. The van der Waals surface area contributed by atoms with Crippen molar-refractivity contribution in [2.75, 3.05) is 0 Å². The number of hydrogen-bond acceptors (Lipinski definition) is 3. The van der Waals surface area contributed by atoms with Gasteiger partial charge >= 0.3 is 5.97 Å². The predicted octanol–water partition coefficient (Wildman–Crippen LogP) is 4.61. The highest BCUT2D eigenvalue weighted by Gasteiger charge is 2.30. The lowest BCUT2D eigenvalue weighted by atomic mass is 9.77. The largest absolute Gasteiger partial charge is 0.454 e. The number of ether oxygens (including phenoxy) is 1. The minimum absolute atomic E-state index is 0.0823. The molecule has 3 nitrogen and oxygen atoms in total. The summed E-state index contributed by atoms with van der Waals surface area (Å²) in [6.07, 6.45) is 4.68. The number of ketones is 1. The van der Waals surface area contributed by atoms with Gasteiger partial charge in [0, 0.05) is 11.5 Å². The zero-order valence-electron chi connectivity index (χ0n) is 14.9. The molecule has 25 heavy (non-hydrogen) atoms. The summed E-state index contributed by atoms with van der Waals surface area (Å²) >= 11 is 0. The molecule has 1 saturated carbocycles. The van der Waals surface area contributed by atoms with Crippen LogP contribution in [0.25, 0.3) is 0 Å². The van der Waals surface area contributed by atoms with E-state index in [9.17, 15) is 18.4 Å². The highest BCUT2D eigenvalue weighted by molar-refractivity contribution is 5.87. The first-order chi connectivity index (χ1) is 11.9. The van der Waals surface area contributed by atoms with E-state index >= 15 is 0 Å². The number of hydrogen-bond donors (Lipinski definition) is 0. The molecule has 0 N–H and O–H groups in total. The van der Waals surface area contributed by atoms with E-state index in [-0.39, 0.29) is 17.3 Å². The molecule has 1 atom stereocenters. The van der Waals surface area contributed by atoms with Crippen molar-refractivity contribution in [3.63, 3.8) is 0 Å². The SMILES string of the molecule is CCCC1CCC(C(=O)C(C)OC(=O)Cc2c(F)cccc2F)CC1. The maximum atomic E-state index is 13.6. The Morgan fingerprint density at radius 3 is 2.32 bits per heavy atom. The van der Waals surface area contributed by atoms with Crippen molar-refractivity contribution >= 4 is 11.8 Å². The van der Waals surface area contributed by atoms with Crippen LogP contribution in [0.5, 0.6) is 0 Å². The molecule has 0 aliphatic heterocycles. The molecule has 0 spiro atoms. The van der Waals surface area contributed by atoms with Gasteiger partial charge in [-0.1, -0.05) is 25.8 Å². The summed E-state index contributed by atoms with van der Waals surface area (Å²) in [7, 11) is 0. The van der Waals surface area contributed by atoms with Gasteiger partial charge in [-0.25, -0.2) is 8.78 Å². The van der Waals surface area contributed by atoms with Crippen LogP contribution >= 0.6 is 0 Å². The molecule has 0 radical (unpaired) electrons. The van der Waals surface area contributed by atoms with Gasteiger partial charge in [0.05, 0.1) is 6.42 Å². The lowest BCUT2D eigenvalue weighted by molar-refractivity contribution is -0.155. The molecule has 1 fully saturated rings. The highest BCUT2D eigenvalue weighted by atomic mass is 19.1. The van der Waals surface area contributed by atoms with Crippen LogP contribution in [0.1, 0.15) is 57.9 Å². The second kappa shape index (κ2) is 9.07. The van der Waals surface area contributed by atoms with Crippen molar-refractivity contribution in [3.8, 4) is 0 Å². The smallest absolute Gasteiger partial charge is 0.311 e. The fourth-order valence-electron chi connectivity index (χ4n) is 3.62. The van der Waals surface area contributed by atoms with Gasteiger partial charge in [-0.15, -0.1) is 0 Å². The van der Waals surface area contributed by atoms with Crippen molar-refractivity contribution in [2.45, 2.75) is 64.9 Å². The van der Waals surface area contributed by atoms with Crippen LogP contribution in [0.4, 0.5) is 8.78 Å². The third kappa shape index (κ3) is 5.35. The lowest BCUT2D eigenvalue weighted by Gasteiger charge is -2.28. The van der Waals surface area contributed by atoms with Crippen LogP contribution in [0.15, 0.2) is 18.2 Å². The van der Waals surface area contributed by atoms with Gasteiger partial charge in [-0.2, -0.15) is 0 Å². The monoisotopic (exact) mass is 352 g/mol. The van der Waals surface area contributed by atoms with E-state index in [0.29, 0.717) is 5.92 Å². The summed E-state index contributed by atoms with van der Waals surface area (Å²) in [5, 5.41) is 0. The van der Waals surface area contributed by atoms with Gasteiger partial charge < -0.3 is 4.74 Å². The van der Waals surface area contributed by atoms with E-state index in [2.05, 4.69) is 6.92 Å². The van der Waals surface area contributed by atoms with Gasteiger partial charge in [0.15, 0.2) is 11.9 Å². The van der Waals surface area contributed by atoms with E-state index in [4.69, 9.17) is 4.74 Å². The fraction of sp³-hybridized carbons (Fsp3) is 0.600. The molecular weight excluding hydrogens is 326 g/mol. The number of esters is 1. The lowest BCUT2D eigenvalue weighted by Crippen LogP contribution is -2.33. The molecule has 0 aromatic heterocycles. The minimum atomic E-state index is -0.880. The molecule has 1 unspecified atom stereocenters. The maximum Gasteiger partial charge on any atom is 0.311 e. The number of benzene rings is 1. The summed E-state index contributed by atoms with van der Waals surface area (Å²) in [5.41, 5.74) is -0.327. The molecule has 0 bridgehead atoms. The Labute approximate surface area is 147 Å². The Balaban J connectivity index is 1.85. The summed E-state index contributed by atoms with van der Waals surface area (Å²) in [6.45, 7) is 3.70. The standard InChI is InChI=1S/C20H26F2O3/c1-3-5-14-8-10-15(11-9-14)20(24)13(2)25-19(23)12-16-17(21)6-4-7-18(16)22/h4,6-7,13-15H,3,5,8-12H2,1-2H3. The van der Waals surface area contributed by atoms with Crippen LogP contribution in [0, 0.1) is 23.5 Å². The molecule has 0 amide bonds. The van der Waals surface area contributed by atoms with E-state index in [1.807, 2.05) is 0 Å². The number of Topliss-reactive ketones (excluding diaryl/α,β-unsaturated/α-hetero) is 1. The third-order valence-corrected chi connectivity index (χ3v) is 5.04. The summed E-state index contributed by atoms with van der Waals surface area (Å²) in [6, 6.07) is 3.42. The molecule has 1 aliphatic rings. The van der Waals surface area contributed by atoms with Gasteiger partial charge in [0.1, 0.15) is 11.6 Å². The molecule has 1 aliphatic carbocycles. The normalized spacial score (nSPS) is 21.6. The zero-order chi connectivity index (χ0) is 18.4. The summed E-state index contributed by atoms with van der Waals surface area (Å²) < 4.78 is 32.3. The van der Waals surface area contributed by atoms with Crippen LogP contribution < -0.4 is 0 Å². The maximum absolute atomic E-state index is 13.6. The Morgan fingerprint density at radius 2 is 1.76 bits per heavy atom. The Hall–Kier alpha value is -1.78. The average molecular weight is 352 g/mol. The van der Waals surface area contributed by atoms with E-state index in [1.54, 1.807) is 0 Å². The predicted molar refractivity (Wildman–Crippen MR) is 91.0 cm³/mol. The quantitative estimate of drug-likeness (QED) is 0.673. The van der Waals surface area contributed by atoms with Gasteiger partial charge in [-0.3, -0.25) is 9.59 Å². The highest BCUT2D eigenvalue weighted by Crippen LogP contribution is 2.32. The van der Waals surface area contributed by atoms with E-state index in [0.717, 1.165) is 44.2 Å². The van der Waals surface area contributed by atoms with Crippen LogP contribution in [0.2, 0.25) is 0 Å². The summed E-state index contributed by atoms with van der Waals surface area (Å²) in [5.74, 6) is -1.84. The topological polar surface area (TPSA) is 43.4 Å². The van der Waals surface area contributed by atoms with Crippen LogP contribution in [-0.4, -0.2) is 17.9 Å². The molecule has 2 rings (SSSR count). The van der Waals surface area contributed by atoms with Gasteiger partial charge in [0.25, 0.3) is 0 Å². The zero-order valence-corrected chi connectivity index (χ0v) is 14.9. The molecule has 138 valence electrons. The molecule has 1 aromatic carbocycles. The van der Waals surface area contributed by atoms with Crippen molar-refractivity contribution in [3.05, 3.63) is 35.4 Å². The Morgan fingerprint density at radius 1 is 1.16 bits per heavy atom. The first-order valence-corrected chi connectivity index (χ1v) is 9.08. The van der Waals surface area contributed by atoms with Gasteiger partial charge in [0.2, 0.25) is 0 Å². The number of rotatable bonds is 7. The molecular formula is C20H26F2O3. The molecule has 0 saturated heterocycles. The van der Waals surface area contributed by atoms with Gasteiger partial charge in [-0.05, 0) is 50.7 Å². The first-order valence-electron chi connectivity index (χ1n) is 9.08. The average Bonchev–Trinajstić information content (AvgIpc) is 2.58. The van der Waals surface area contributed by atoms with Crippen LogP contribution in [-0.2, 0) is 20.7 Å². The molecule has 0 heterocycles. The van der Waals surface area contributed by atoms with Crippen LogP contribution in [0.3, 0.4) is 0 Å². The number of carbonyl (C=O) groups is 2. The Bertz CT molecular complexity index is 587. The molecule has 1 aromatic rings. The second-order valence-electron chi connectivity index (χ2n) is 6.92. The fourth-order valence-corrected chi connectivity index (χ4v) is 3.62. The van der Waals surface area contributed by atoms with Crippen molar-refractivity contribution in [1.29, 1.82) is 0 Å². The number of halogens is 2.